The minimum absolute atomic E-state index is 0.0113. The van der Waals surface area contributed by atoms with Gasteiger partial charge in [0.05, 0.1) is 46.5 Å². The fourth-order valence-corrected chi connectivity index (χ4v) is 17.3. The maximum atomic E-state index is 13.7. The Balaban J connectivity index is 1.16. The summed E-state index contributed by atoms with van der Waals surface area (Å²) in [6.45, 7) is 9.96. The molecule has 67 heavy (non-hydrogen) atoms. The molecule has 18 heteroatoms. The Morgan fingerprint density at radius 3 is 2.33 bits per heavy atom. The second-order valence-corrected chi connectivity index (χ2v) is 24.4. The molecule has 3 saturated heterocycles. The zero-order valence-electron chi connectivity index (χ0n) is 38.8. The molecule has 15 nitrogen and oxygen atoms in total. The van der Waals surface area contributed by atoms with E-state index >= 15 is 0 Å². The lowest BCUT2D eigenvalue weighted by Gasteiger charge is -2.37. The Hall–Kier alpha value is -4.42. The molecule has 5 aromatic rings. The first kappa shape index (κ1) is 47.6. The van der Waals surface area contributed by atoms with Crippen molar-refractivity contribution in [3.05, 3.63) is 124 Å². The predicted octanol–water partition coefficient (Wildman–Crippen LogP) is 8.71. The molecule has 8 atom stereocenters. The highest BCUT2D eigenvalue weighted by Gasteiger charge is 2.57. The van der Waals surface area contributed by atoms with Gasteiger partial charge in [0.25, 0.3) is 5.56 Å². The fourth-order valence-electron chi connectivity index (χ4n) is 9.71. The molecule has 9 rings (SSSR count). The highest BCUT2D eigenvalue weighted by molar-refractivity contribution is 8.68. The molecule has 5 heterocycles. The minimum Gasteiger partial charge on any atom is -0.497 e. The van der Waals surface area contributed by atoms with Crippen molar-refractivity contribution in [3.8, 4) is 11.5 Å². The van der Waals surface area contributed by atoms with Gasteiger partial charge in [-0.3, -0.25) is 14.3 Å². The monoisotopic (exact) mass is 970 g/mol. The lowest BCUT2D eigenvalue weighted by atomic mass is 9.77. The highest BCUT2D eigenvalue weighted by Crippen LogP contribution is 2.76. The second kappa shape index (κ2) is 19.9. The lowest BCUT2D eigenvalue weighted by Crippen LogP contribution is -2.41. The quantitative estimate of drug-likeness (QED) is 0.0409. The Bertz CT molecular complexity index is 2640. The van der Waals surface area contributed by atoms with E-state index < -0.39 is 41.4 Å². The fraction of sp³-hybridized carbons (Fsp3) is 0.469. The third-order valence-corrected chi connectivity index (χ3v) is 19.2. The zero-order chi connectivity index (χ0) is 46.9. The summed E-state index contributed by atoms with van der Waals surface area (Å²) in [6, 6.07) is 25.8. The Morgan fingerprint density at radius 2 is 1.70 bits per heavy atom. The van der Waals surface area contributed by atoms with E-state index in [1.807, 2.05) is 73.8 Å². The first-order chi connectivity index (χ1) is 32.4. The average molecular weight is 971 g/mol. The maximum absolute atomic E-state index is 13.7. The van der Waals surface area contributed by atoms with Crippen LogP contribution in [0, 0.1) is 5.92 Å². The van der Waals surface area contributed by atoms with Crippen LogP contribution in [0.3, 0.4) is 0 Å². The van der Waals surface area contributed by atoms with Crippen LogP contribution in [0.2, 0.25) is 0 Å². The number of likely N-dealkylation sites (tertiary alicyclic amines) is 1. The van der Waals surface area contributed by atoms with E-state index in [1.165, 1.54) is 0 Å². The summed E-state index contributed by atoms with van der Waals surface area (Å²) in [7, 11) is 6.89. The number of nitrogens with one attached hydrogen (secondary N) is 1. The van der Waals surface area contributed by atoms with Crippen molar-refractivity contribution in [2.45, 2.75) is 86.9 Å². The summed E-state index contributed by atoms with van der Waals surface area (Å²) < 4.78 is 53.9. The number of amidine groups is 1. The molecule has 1 saturated carbocycles. The third kappa shape index (κ3) is 9.51. The number of aliphatic imine (C=N–C) groups is 1. The molecule has 1 N–H and O–H groups in total. The second-order valence-electron chi connectivity index (χ2n) is 17.8. The van der Waals surface area contributed by atoms with Crippen molar-refractivity contribution in [1.29, 1.82) is 0 Å². The van der Waals surface area contributed by atoms with Crippen LogP contribution in [-0.4, -0.2) is 114 Å². The van der Waals surface area contributed by atoms with E-state index in [1.54, 1.807) is 43.6 Å². The first-order valence-corrected chi connectivity index (χ1v) is 26.8. The molecular formula is C49H59N6O9PS2. The third-order valence-electron chi connectivity index (χ3n) is 13.5. The van der Waals surface area contributed by atoms with Crippen molar-refractivity contribution in [3.63, 3.8) is 0 Å². The van der Waals surface area contributed by atoms with Gasteiger partial charge in [0, 0.05) is 31.9 Å². The van der Waals surface area contributed by atoms with Gasteiger partial charge in [-0.05, 0) is 98.2 Å². The molecule has 0 unspecified atom stereocenters. The molecule has 1 aliphatic carbocycles. The number of ether oxygens (including phenoxy) is 6. The van der Waals surface area contributed by atoms with Crippen molar-refractivity contribution in [2.24, 2.45) is 10.9 Å². The van der Waals surface area contributed by atoms with Crippen LogP contribution in [0.15, 0.2) is 107 Å². The van der Waals surface area contributed by atoms with Crippen molar-refractivity contribution in [1.82, 2.24) is 24.4 Å². The number of benzene rings is 3. The minimum atomic E-state index is -3.08. The summed E-state index contributed by atoms with van der Waals surface area (Å²) in [4.78, 5) is 32.7. The first-order valence-electron chi connectivity index (χ1n) is 22.7. The molecule has 356 valence electrons. The van der Waals surface area contributed by atoms with Crippen LogP contribution in [0.5, 0.6) is 11.5 Å². The molecule has 0 spiro atoms. The highest BCUT2D eigenvalue weighted by atomic mass is 32.9. The van der Waals surface area contributed by atoms with Gasteiger partial charge in [-0.15, -0.1) is 0 Å². The largest absolute Gasteiger partial charge is 0.497 e. The Morgan fingerprint density at radius 1 is 1.01 bits per heavy atom. The van der Waals surface area contributed by atoms with E-state index in [4.69, 9.17) is 59.3 Å². The molecule has 3 aromatic carbocycles. The van der Waals surface area contributed by atoms with Gasteiger partial charge in [-0.2, -0.15) is 9.98 Å². The van der Waals surface area contributed by atoms with E-state index in [-0.39, 0.29) is 41.2 Å². The number of nitrogens with zero attached hydrogens (tertiary/aromatic N) is 5. The number of fused-ring (bicyclic) bond motifs is 2. The number of aromatic amines is 1. The van der Waals surface area contributed by atoms with Crippen LogP contribution >= 0.6 is 17.1 Å². The van der Waals surface area contributed by atoms with Crippen LogP contribution in [0.4, 0.5) is 5.95 Å². The molecule has 0 radical (unpaired) electrons. The summed E-state index contributed by atoms with van der Waals surface area (Å²) in [5.74, 6) is 2.75. The summed E-state index contributed by atoms with van der Waals surface area (Å²) in [5, 5.41) is 0. The summed E-state index contributed by atoms with van der Waals surface area (Å²) >= 11 is 8.14. The number of rotatable bonds is 17. The van der Waals surface area contributed by atoms with Gasteiger partial charge in [-0.1, -0.05) is 78.1 Å². The summed E-state index contributed by atoms with van der Waals surface area (Å²) in [6.07, 6.45) is 2.51. The number of methoxy groups -OCH3 is 3. The van der Waals surface area contributed by atoms with E-state index in [2.05, 4.69) is 47.4 Å². The molecule has 2 aromatic heterocycles. The van der Waals surface area contributed by atoms with Crippen LogP contribution < -0.4 is 15.0 Å². The predicted molar refractivity (Wildman–Crippen MR) is 263 cm³/mol. The van der Waals surface area contributed by atoms with Crippen LogP contribution in [0.1, 0.15) is 68.9 Å². The SMILES string of the molecule is C=C(C)[C@@H]1CC[C@]2(C)S[P@](=S)(O[C@H]3[C@@H](OCCOC)[C@H](n4cnc5c(=O)[nH]c(N=C6CCCN6C)nc54)O[C@@H]3COC(c3ccccc3)(c3ccc(OC)cc3)c3ccc(OC)cc3)O[C@H]2C1. The zero-order valence-corrected chi connectivity index (χ0v) is 41.3. The molecular weight excluding hydrogens is 912 g/mol. The number of allylic oxidation sites excluding steroid dienone is 1. The van der Waals surface area contributed by atoms with Crippen molar-refractivity contribution >= 4 is 51.8 Å². The number of aromatic nitrogens is 4. The van der Waals surface area contributed by atoms with Gasteiger partial charge < -0.3 is 42.4 Å². The molecule has 0 bridgehead atoms. The summed E-state index contributed by atoms with van der Waals surface area (Å²) in [5.41, 5.74) is -0.553. The normalized spacial score (nSPS) is 28.0. The van der Waals surface area contributed by atoms with E-state index in [0.29, 0.717) is 24.0 Å². The number of H-pyrrole nitrogens is 1. The topological polar surface area (TPSA) is 153 Å². The van der Waals surface area contributed by atoms with Gasteiger partial charge in [0.2, 0.25) is 11.6 Å². The number of hydrogen-bond donors (Lipinski definition) is 1. The van der Waals surface area contributed by atoms with Crippen LogP contribution in [-0.2, 0) is 45.4 Å². The van der Waals surface area contributed by atoms with E-state index in [0.717, 1.165) is 66.7 Å². The number of hydrogen-bond acceptors (Lipinski definition) is 14. The molecule has 0 amide bonds. The molecule has 3 aliphatic heterocycles. The van der Waals surface area contributed by atoms with Gasteiger partial charge >= 0.3 is 0 Å². The smallest absolute Gasteiger partial charge is 0.280 e. The Labute approximate surface area is 400 Å². The maximum Gasteiger partial charge on any atom is 0.280 e. The number of imidazole rings is 1. The van der Waals surface area contributed by atoms with Gasteiger partial charge in [-0.25, -0.2) is 4.98 Å². The lowest BCUT2D eigenvalue weighted by molar-refractivity contribution is -0.0965. The van der Waals surface area contributed by atoms with Gasteiger partial charge in [0.15, 0.2) is 17.4 Å². The Kier molecular flexibility index (Phi) is 14.1. The van der Waals surface area contributed by atoms with Crippen molar-refractivity contribution in [2.75, 3.05) is 54.7 Å². The van der Waals surface area contributed by atoms with Gasteiger partial charge in [0.1, 0.15) is 41.2 Å². The average Bonchev–Trinajstić information content (AvgIpc) is 4.09. The molecule has 4 aliphatic rings. The van der Waals surface area contributed by atoms with Crippen molar-refractivity contribution < 1.29 is 37.5 Å². The standard InChI is InChI=1S/C49H59N6O9PS2/c1-31(2)32-23-24-48(3)39(28-32)63-65(66,67-48)64-42-38(29-61-49(33-12-9-8-10-13-33,34-15-19-36(58-6)20-16-34)35-17-21-37(59-7)22-18-35)62-46(43(42)60-27-26-57-5)55-30-50-41-44(55)52-47(53-45(41)56)51-40-14-11-25-54(40)4/h8-10,12-13,15-22,30,32,38-39,42-43,46H,1,11,14,23-29H2,2-7H3,(H,52,53,56)/t32-,38-,39+,42-,43-,46-,48+,65+/m1/s1. The van der Waals surface area contributed by atoms with Crippen LogP contribution in [0.25, 0.3) is 11.2 Å². The molecule has 4 fully saturated rings. The van der Waals surface area contributed by atoms with E-state index in [9.17, 15) is 4.79 Å².